The van der Waals surface area contributed by atoms with E-state index in [9.17, 15) is 5.11 Å². The van der Waals surface area contributed by atoms with Gasteiger partial charge in [-0.05, 0) is 12.1 Å². The Morgan fingerprint density at radius 1 is 1.33 bits per heavy atom. The van der Waals surface area contributed by atoms with Crippen LogP contribution in [-0.2, 0) is 0 Å². The van der Waals surface area contributed by atoms with Gasteiger partial charge in [-0.2, -0.15) is 0 Å². The maximum absolute atomic E-state index is 9.63. The third-order valence-electron chi connectivity index (χ3n) is 1.59. The van der Waals surface area contributed by atoms with Crippen LogP contribution in [0.25, 0.3) is 0 Å². The predicted molar refractivity (Wildman–Crippen MR) is 60.4 cm³/mol. The van der Waals surface area contributed by atoms with E-state index in [0.717, 1.165) is 0 Å². The van der Waals surface area contributed by atoms with Gasteiger partial charge in [0.05, 0.1) is 0 Å². The van der Waals surface area contributed by atoms with Crippen LogP contribution in [0.3, 0.4) is 0 Å². The van der Waals surface area contributed by atoms with Crippen LogP contribution >= 0.6 is 23.2 Å². The van der Waals surface area contributed by atoms with Crippen LogP contribution in [0, 0.1) is 0 Å². The highest BCUT2D eigenvalue weighted by molar-refractivity contribution is 6.36. The second-order valence-corrected chi connectivity index (χ2v) is 3.52. The first kappa shape index (κ1) is 11.9. The van der Waals surface area contributed by atoms with Crippen molar-refractivity contribution in [3.05, 3.63) is 33.8 Å². The van der Waals surface area contributed by atoms with Gasteiger partial charge in [-0.3, -0.25) is 5.43 Å². The number of halogens is 2. The highest BCUT2D eigenvalue weighted by Crippen LogP contribution is 2.28. The molecule has 0 amide bonds. The van der Waals surface area contributed by atoms with Gasteiger partial charge >= 0.3 is 0 Å². The van der Waals surface area contributed by atoms with Gasteiger partial charge < -0.3 is 16.6 Å². The van der Waals surface area contributed by atoms with Gasteiger partial charge in [0, 0.05) is 15.6 Å². The molecule has 1 aromatic rings. The number of aliphatic hydroxyl groups is 1. The zero-order valence-corrected chi connectivity index (χ0v) is 9.13. The molecule has 0 spiro atoms. The molecule has 5 nitrogen and oxygen atoms in total. The largest absolute Gasteiger partial charge is 0.369 e. The fraction of sp³-hybridized carbons (Fsp3) is 0.125. The number of aliphatic hydroxyl groups excluding tert-OH is 1. The number of guanidine groups is 1. The Morgan fingerprint density at radius 3 is 2.33 bits per heavy atom. The van der Waals surface area contributed by atoms with Gasteiger partial charge in [-0.15, -0.1) is 5.10 Å². The van der Waals surface area contributed by atoms with Crippen molar-refractivity contribution in [1.29, 1.82) is 0 Å². The molecule has 82 valence electrons. The molecular formula is C8H10Cl2N4O. The smallest absolute Gasteiger partial charge is 0.208 e. The Bertz CT molecular complexity index is 359. The van der Waals surface area contributed by atoms with E-state index in [2.05, 4.69) is 10.5 Å². The Labute approximate surface area is 96.7 Å². The molecule has 1 unspecified atom stereocenters. The molecule has 6 N–H and O–H groups in total. The molecule has 0 bridgehead atoms. The van der Waals surface area contributed by atoms with Crippen LogP contribution < -0.4 is 16.9 Å². The highest BCUT2D eigenvalue weighted by Gasteiger charge is 2.14. The lowest BCUT2D eigenvalue weighted by Gasteiger charge is -2.13. The van der Waals surface area contributed by atoms with E-state index < -0.39 is 6.23 Å². The third kappa shape index (κ3) is 3.16. The summed E-state index contributed by atoms with van der Waals surface area (Å²) < 4.78 is 0. The molecular weight excluding hydrogens is 239 g/mol. The number of nitrogens with one attached hydrogen (secondary N) is 1. The minimum absolute atomic E-state index is 0.197. The number of rotatable bonds is 3. The van der Waals surface area contributed by atoms with Gasteiger partial charge in [-0.25, -0.2) is 0 Å². The van der Waals surface area contributed by atoms with Crippen LogP contribution in [0.1, 0.15) is 11.8 Å². The molecule has 1 rings (SSSR count). The van der Waals surface area contributed by atoms with E-state index >= 15 is 0 Å². The second-order valence-electron chi connectivity index (χ2n) is 2.70. The first-order valence-electron chi connectivity index (χ1n) is 3.98. The number of nitrogens with two attached hydrogens (primary N) is 2. The molecule has 0 aliphatic rings. The molecule has 0 aliphatic carbocycles. The van der Waals surface area contributed by atoms with Crippen molar-refractivity contribution in [1.82, 2.24) is 5.43 Å². The molecule has 1 aromatic carbocycles. The average Bonchev–Trinajstić information content (AvgIpc) is 2.14. The first-order valence-corrected chi connectivity index (χ1v) is 4.74. The summed E-state index contributed by atoms with van der Waals surface area (Å²) in [6.45, 7) is 0. The zero-order valence-electron chi connectivity index (χ0n) is 7.61. The standard InChI is InChI=1S/C8H10Cl2N4O/c9-4-2-1-3-5(10)6(4)7(15)13-14-8(11)12/h1-3,7,13,15H,(H4,11,12,14). The zero-order chi connectivity index (χ0) is 11.4. The van der Waals surface area contributed by atoms with E-state index in [4.69, 9.17) is 34.7 Å². The van der Waals surface area contributed by atoms with E-state index in [0.29, 0.717) is 15.6 Å². The lowest BCUT2D eigenvalue weighted by Crippen LogP contribution is -2.28. The third-order valence-corrected chi connectivity index (χ3v) is 2.25. The van der Waals surface area contributed by atoms with Crippen LogP contribution in [0.2, 0.25) is 10.0 Å². The van der Waals surface area contributed by atoms with Crippen molar-refractivity contribution < 1.29 is 5.11 Å². The summed E-state index contributed by atoms with van der Waals surface area (Å²) in [4.78, 5) is 0. The van der Waals surface area contributed by atoms with E-state index in [-0.39, 0.29) is 5.96 Å². The summed E-state index contributed by atoms with van der Waals surface area (Å²) in [7, 11) is 0. The van der Waals surface area contributed by atoms with Crippen LogP contribution in [0.15, 0.2) is 23.3 Å². The lowest BCUT2D eigenvalue weighted by atomic mass is 10.2. The van der Waals surface area contributed by atoms with Gasteiger partial charge in [0.2, 0.25) is 5.96 Å². The summed E-state index contributed by atoms with van der Waals surface area (Å²) in [5.41, 5.74) is 12.8. The summed E-state index contributed by atoms with van der Waals surface area (Å²) in [6, 6.07) is 4.87. The number of nitrogens with zero attached hydrogens (tertiary/aromatic N) is 1. The lowest BCUT2D eigenvalue weighted by molar-refractivity contribution is 0.141. The Hall–Kier alpha value is -1.17. The quantitative estimate of drug-likeness (QED) is 0.275. The molecule has 7 heteroatoms. The van der Waals surface area contributed by atoms with Crippen molar-refractivity contribution in [3.8, 4) is 0 Å². The topological polar surface area (TPSA) is 96.7 Å². The van der Waals surface area contributed by atoms with Crippen LogP contribution in [-0.4, -0.2) is 11.1 Å². The SMILES string of the molecule is NC(N)=NNC(O)c1c(Cl)cccc1Cl. The molecule has 15 heavy (non-hydrogen) atoms. The van der Waals surface area contributed by atoms with Crippen molar-refractivity contribution in [3.63, 3.8) is 0 Å². The molecule has 0 aromatic heterocycles. The molecule has 0 aliphatic heterocycles. The van der Waals surface area contributed by atoms with Crippen LogP contribution in [0.4, 0.5) is 0 Å². The van der Waals surface area contributed by atoms with E-state index in [1.165, 1.54) is 0 Å². The van der Waals surface area contributed by atoms with Gasteiger partial charge in [0.15, 0.2) is 6.23 Å². The Morgan fingerprint density at radius 2 is 1.87 bits per heavy atom. The summed E-state index contributed by atoms with van der Waals surface area (Å²) in [6.07, 6.45) is -1.16. The Balaban J connectivity index is 2.91. The Kier molecular flexibility index (Phi) is 4.02. The monoisotopic (exact) mass is 248 g/mol. The summed E-state index contributed by atoms with van der Waals surface area (Å²) in [5.74, 6) is -0.197. The summed E-state index contributed by atoms with van der Waals surface area (Å²) in [5, 5.41) is 13.7. The maximum Gasteiger partial charge on any atom is 0.208 e. The van der Waals surface area contributed by atoms with Gasteiger partial charge in [0.1, 0.15) is 0 Å². The summed E-state index contributed by atoms with van der Waals surface area (Å²) >= 11 is 11.7. The molecule has 1 atom stereocenters. The normalized spacial score (nSPS) is 11.9. The van der Waals surface area contributed by atoms with Crippen molar-refractivity contribution in [2.45, 2.75) is 6.23 Å². The van der Waals surface area contributed by atoms with Crippen molar-refractivity contribution in [2.75, 3.05) is 0 Å². The maximum atomic E-state index is 9.63. The molecule has 0 fully saturated rings. The number of hydrazone groups is 1. The minimum Gasteiger partial charge on any atom is -0.369 e. The number of hydrogen-bond donors (Lipinski definition) is 4. The molecule has 0 saturated heterocycles. The predicted octanol–water partition coefficient (Wildman–Crippen LogP) is 0.762. The van der Waals surface area contributed by atoms with E-state index in [1.54, 1.807) is 18.2 Å². The fourth-order valence-corrected chi connectivity index (χ4v) is 1.58. The molecule has 0 heterocycles. The number of hydrogen-bond acceptors (Lipinski definition) is 3. The molecule has 0 saturated carbocycles. The van der Waals surface area contributed by atoms with Gasteiger partial charge in [-0.1, -0.05) is 29.3 Å². The molecule has 0 radical (unpaired) electrons. The fourth-order valence-electron chi connectivity index (χ4n) is 0.972. The van der Waals surface area contributed by atoms with Crippen molar-refractivity contribution >= 4 is 29.2 Å². The van der Waals surface area contributed by atoms with Crippen LogP contribution in [0.5, 0.6) is 0 Å². The first-order chi connectivity index (χ1) is 7.02. The average molecular weight is 249 g/mol. The minimum atomic E-state index is -1.16. The van der Waals surface area contributed by atoms with E-state index in [1.807, 2.05) is 0 Å². The van der Waals surface area contributed by atoms with Crippen molar-refractivity contribution in [2.24, 2.45) is 16.6 Å². The highest BCUT2D eigenvalue weighted by atomic mass is 35.5. The van der Waals surface area contributed by atoms with Gasteiger partial charge in [0.25, 0.3) is 0 Å². The number of benzene rings is 1. The second kappa shape index (κ2) is 5.06.